The van der Waals surface area contributed by atoms with E-state index < -0.39 is 10.0 Å². The van der Waals surface area contributed by atoms with Crippen LogP contribution in [-0.4, -0.2) is 78.6 Å². The fourth-order valence-corrected chi connectivity index (χ4v) is 4.28. The summed E-state index contributed by atoms with van der Waals surface area (Å²) in [5, 5.41) is 14.8. The van der Waals surface area contributed by atoms with E-state index in [1.165, 1.54) is 6.26 Å². The molecule has 0 spiro atoms. The van der Waals surface area contributed by atoms with E-state index in [1.54, 1.807) is 4.31 Å². The Morgan fingerprint density at radius 3 is 2.72 bits per heavy atom. The van der Waals surface area contributed by atoms with Crippen LogP contribution in [0.1, 0.15) is 37.8 Å². The summed E-state index contributed by atoms with van der Waals surface area (Å²) < 4.78 is 32.7. The van der Waals surface area contributed by atoms with Crippen molar-refractivity contribution in [2.75, 3.05) is 39.1 Å². The Morgan fingerprint density at radius 1 is 1.34 bits per heavy atom. The minimum atomic E-state index is -3.19. The number of nitrogens with zero attached hydrogens (tertiary/aromatic N) is 5. The minimum absolute atomic E-state index is 0. The summed E-state index contributed by atoms with van der Waals surface area (Å²) in [5.74, 6) is 2.24. The van der Waals surface area contributed by atoms with Crippen LogP contribution < -0.4 is 10.6 Å². The lowest BCUT2D eigenvalue weighted by molar-refractivity contribution is 0.145. The van der Waals surface area contributed by atoms with Crippen LogP contribution in [0.4, 0.5) is 0 Å². The molecule has 1 aromatic heterocycles. The van der Waals surface area contributed by atoms with E-state index in [4.69, 9.17) is 4.74 Å². The van der Waals surface area contributed by atoms with Crippen molar-refractivity contribution in [2.45, 2.75) is 45.7 Å². The SMILES string of the molecule is CCOCCCNC(=NCc1nnc(C)n1C)NC[C@H]1CCCN1S(C)(=O)=O.I. The molecule has 12 heteroatoms. The van der Waals surface area contributed by atoms with Crippen LogP contribution in [-0.2, 0) is 28.4 Å². The van der Waals surface area contributed by atoms with Gasteiger partial charge in [0.05, 0.1) is 6.26 Å². The van der Waals surface area contributed by atoms with Gasteiger partial charge in [-0.15, -0.1) is 34.2 Å². The van der Waals surface area contributed by atoms with Gasteiger partial charge >= 0.3 is 0 Å². The molecule has 10 nitrogen and oxygen atoms in total. The number of hydrogen-bond acceptors (Lipinski definition) is 6. The van der Waals surface area contributed by atoms with E-state index in [1.807, 2.05) is 25.5 Å². The smallest absolute Gasteiger partial charge is 0.211 e. The number of hydrogen-bond donors (Lipinski definition) is 2. The third kappa shape index (κ3) is 8.34. The second kappa shape index (κ2) is 12.6. The van der Waals surface area contributed by atoms with Crippen molar-refractivity contribution in [3.8, 4) is 0 Å². The summed E-state index contributed by atoms with van der Waals surface area (Å²) in [5.41, 5.74) is 0. The molecule has 2 N–H and O–H groups in total. The third-order valence-electron chi connectivity index (χ3n) is 4.78. The lowest BCUT2D eigenvalue weighted by Crippen LogP contribution is -2.46. The lowest BCUT2D eigenvalue weighted by Gasteiger charge is -2.23. The Hall–Kier alpha value is -0.990. The standard InChI is InChI=1S/C17H33N7O3S.HI/c1-5-27-11-7-9-18-17(20-13-16-22-21-14(2)23(16)3)19-12-15-8-6-10-24(15)28(4,25)26;/h15H,5-13H2,1-4H3,(H2,18,19,20);1H/t15-;/m1./s1. The number of aromatic nitrogens is 3. The van der Waals surface area contributed by atoms with Gasteiger partial charge in [0.2, 0.25) is 10.0 Å². The van der Waals surface area contributed by atoms with E-state index in [2.05, 4.69) is 25.8 Å². The van der Waals surface area contributed by atoms with Crippen LogP contribution in [0, 0.1) is 6.92 Å². The van der Waals surface area contributed by atoms with Crippen molar-refractivity contribution in [3.05, 3.63) is 11.6 Å². The molecule has 168 valence electrons. The first-order valence-electron chi connectivity index (χ1n) is 9.74. The maximum atomic E-state index is 11.9. The second-order valence-corrected chi connectivity index (χ2v) is 8.85. The molecule has 1 aromatic rings. The average Bonchev–Trinajstić information content (AvgIpc) is 3.24. The van der Waals surface area contributed by atoms with Crippen LogP contribution in [0.15, 0.2) is 4.99 Å². The number of aliphatic imine (C=N–C) groups is 1. The molecule has 0 unspecified atom stereocenters. The number of rotatable bonds is 10. The molecular formula is C17H34IN7O3S. The first kappa shape index (κ1) is 26.0. The van der Waals surface area contributed by atoms with Crippen molar-refractivity contribution in [1.82, 2.24) is 29.7 Å². The minimum Gasteiger partial charge on any atom is -0.382 e. The topological polar surface area (TPSA) is 114 Å². The molecule has 1 saturated heterocycles. The Morgan fingerprint density at radius 2 is 2.10 bits per heavy atom. The van der Waals surface area contributed by atoms with Gasteiger partial charge in [0.1, 0.15) is 12.4 Å². The highest BCUT2D eigenvalue weighted by molar-refractivity contribution is 14.0. The zero-order chi connectivity index (χ0) is 20.6. The molecular weight excluding hydrogens is 509 g/mol. The molecule has 2 heterocycles. The Balaban J connectivity index is 0.00000420. The van der Waals surface area contributed by atoms with E-state index in [9.17, 15) is 8.42 Å². The molecule has 0 aromatic carbocycles. The average molecular weight is 543 g/mol. The highest BCUT2D eigenvalue weighted by Crippen LogP contribution is 2.19. The summed E-state index contributed by atoms with van der Waals surface area (Å²) in [6.07, 6.45) is 3.85. The van der Waals surface area contributed by atoms with Crippen molar-refractivity contribution in [2.24, 2.45) is 12.0 Å². The van der Waals surface area contributed by atoms with Gasteiger partial charge in [-0.1, -0.05) is 0 Å². The predicted molar refractivity (Wildman–Crippen MR) is 124 cm³/mol. The summed E-state index contributed by atoms with van der Waals surface area (Å²) in [7, 11) is -1.28. The molecule has 29 heavy (non-hydrogen) atoms. The zero-order valence-electron chi connectivity index (χ0n) is 17.7. The molecule has 1 aliphatic rings. The Kier molecular flexibility index (Phi) is 11.4. The fraction of sp³-hybridized carbons (Fsp3) is 0.824. The van der Waals surface area contributed by atoms with E-state index in [0.717, 1.165) is 30.9 Å². The van der Waals surface area contributed by atoms with Gasteiger partial charge in [0.15, 0.2) is 11.8 Å². The van der Waals surface area contributed by atoms with Gasteiger partial charge in [-0.25, -0.2) is 13.4 Å². The van der Waals surface area contributed by atoms with E-state index >= 15 is 0 Å². The maximum Gasteiger partial charge on any atom is 0.211 e. The predicted octanol–water partition coefficient (Wildman–Crippen LogP) is 0.627. The molecule has 1 atom stereocenters. The number of halogens is 1. The quantitative estimate of drug-likeness (QED) is 0.193. The highest BCUT2D eigenvalue weighted by Gasteiger charge is 2.31. The van der Waals surface area contributed by atoms with Gasteiger partial charge < -0.3 is 19.9 Å². The number of ether oxygens (including phenoxy) is 1. The fourth-order valence-electron chi connectivity index (χ4n) is 3.10. The van der Waals surface area contributed by atoms with Crippen molar-refractivity contribution < 1.29 is 13.2 Å². The van der Waals surface area contributed by atoms with Crippen molar-refractivity contribution in [3.63, 3.8) is 0 Å². The lowest BCUT2D eigenvalue weighted by atomic mass is 10.2. The van der Waals surface area contributed by atoms with Gasteiger partial charge in [0, 0.05) is 45.9 Å². The summed E-state index contributed by atoms with van der Waals surface area (Å²) in [4.78, 5) is 4.60. The summed E-state index contributed by atoms with van der Waals surface area (Å²) >= 11 is 0. The van der Waals surface area contributed by atoms with Gasteiger partial charge in [-0.05, 0) is 33.1 Å². The second-order valence-electron chi connectivity index (χ2n) is 6.92. The van der Waals surface area contributed by atoms with E-state index in [0.29, 0.717) is 45.4 Å². The molecule has 2 rings (SSSR count). The summed E-state index contributed by atoms with van der Waals surface area (Å²) in [6.45, 7) is 7.45. The monoisotopic (exact) mass is 543 g/mol. The first-order valence-corrected chi connectivity index (χ1v) is 11.6. The van der Waals surface area contributed by atoms with Crippen molar-refractivity contribution in [1.29, 1.82) is 0 Å². The van der Waals surface area contributed by atoms with Crippen LogP contribution in [0.2, 0.25) is 0 Å². The van der Waals surface area contributed by atoms with Crippen molar-refractivity contribution >= 4 is 40.0 Å². The Labute approximate surface area is 190 Å². The zero-order valence-corrected chi connectivity index (χ0v) is 20.9. The van der Waals surface area contributed by atoms with Crippen LogP contribution in [0.5, 0.6) is 0 Å². The highest BCUT2D eigenvalue weighted by atomic mass is 127. The first-order chi connectivity index (χ1) is 13.3. The number of aryl methyl sites for hydroxylation is 1. The number of nitrogens with one attached hydrogen (secondary N) is 2. The normalized spacial score (nSPS) is 17.9. The molecule has 0 aliphatic carbocycles. The van der Waals surface area contributed by atoms with Gasteiger partial charge in [-0.3, -0.25) is 0 Å². The largest absolute Gasteiger partial charge is 0.382 e. The molecule has 1 fully saturated rings. The third-order valence-corrected chi connectivity index (χ3v) is 6.11. The maximum absolute atomic E-state index is 11.9. The van der Waals surface area contributed by atoms with E-state index in [-0.39, 0.29) is 30.0 Å². The molecule has 1 aliphatic heterocycles. The summed E-state index contributed by atoms with van der Waals surface area (Å²) in [6, 6.07) is -0.0532. The molecule has 0 radical (unpaired) electrons. The molecule has 0 bridgehead atoms. The van der Waals surface area contributed by atoms with Gasteiger partial charge in [-0.2, -0.15) is 4.31 Å². The van der Waals surface area contributed by atoms with Crippen LogP contribution in [0.25, 0.3) is 0 Å². The molecule has 0 saturated carbocycles. The van der Waals surface area contributed by atoms with Gasteiger partial charge in [0.25, 0.3) is 0 Å². The van der Waals surface area contributed by atoms with Crippen LogP contribution in [0.3, 0.4) is 0 Å². The molecule has 0 amide bonds. The van der Waals surface area contributed by atoms with Crippen LogP contribution >= 0.6 is 24.0 Å². The number of sulfonamides is 1. The Bertz CT molecular complexity index is 754. The number of guanidine groups is 1.